The zero-order chi connectivity index (χ0) is 11.6. The number of amides is 1. The molecule has 0 radical (unpaired) electrons. The average Bonchev–Trinajstić information content (AvgIpc) is 2.16. The smallest absolute Gasteiger partial charge is 0.309 e. The van der Waals surface area contributed by atoms with E-state index < -0.39 is 34.2 Å². The van der Waals surface area contributed by atoms with E-state index in [1.807, 2.05) is 0 Å². The number of halogens is 2. The molecule has 0 aliphatic rings. The van der Waals surface area contributed by atoms with Gasteiger partial charge in [0.15, 0.2) is 0 Å². The second kappa shape index (κ2) is 3.95. The summed E-state index contributed by atoms with van der Waals surface area (Å²) in [4.78, 5) is 23.4. The van der Waals surface area contributed by atoms with Gasteiger partial charge in [-0.3, -0.25) is 14.9 Å². The van der Waals surface area contributed by atoms with Gasteiger partial charge in [-0.1, -0.05) is 0 Å². The summed E-state index contributed by atoms with van der Waals surface area (Å²) in [6, 6.07) is 0.773. The van der Waals surface area contributed by atoms with Crippen molar-refractivity contribution >= 4 is 11.6 Å². The zero-order valence-electron chi connectivity index (χ0n) is 7.18. The summed E-state index contributed by atoms with van der Waals surface area (Å²) in [5, 5.41) is 10.5. The van der Waals surface area contributed by atoms with Gasteiger partial charge in [0.05, 0.1) is 10.5 Å². The lowest BCUT2D eigenvalue weighted by atomic mass is 10.2. The highest BCUT2D eigenvalue weighted by Gasteiger charge is 2.28. The molecule has 0 fully saturated rings. The molecule has 6 nitrogen and oxygen atoms in total. The summed E-state index contributed by atoms with van der Waals surface area (Å²) in [6.45, 7) is 0. The molecule has 0 aliphatic heterocycles. The van der Waals surface area contributed by atoms with E-state index >= 15 is 0 Å². The molecule has 2 N–H and O–H groups in total. The first-order valence-electron chi connectivity index (χ1n) is 3.66. The fourth-order valence-electron chi connectivity index (χ4n) is 1.02. The second-order valence-corrected chi connectivity index (χ2v) is 2.52. The lowest BCUT2D eigenvalue weighted by Crippen LogP contribution is -2.16. The molecular weight excluding hydrogens is 212 g/mol. The van der Waals surface area contributed by atoms with Crippen LogP contribution in [0.3, 0.4) is 0 Å². The third kappa shape index (κ3) is 2.03. The standard InChI is InChI=1S/C7H5F2N3O3/c8-6(9)3-1-2-11-4(7(10)13)5(3)12(14)15/h1-2,6H,(H2,10,13). The van der Waals surface area contributed by atoms with Crippen molar-refractivity contribution in [2.24, 2.45) is 5.73 Å². The highest BCUT2D eigenvalue weighted by atomic mass is 19.3. The van der Waals surface area contributed by atoms with Crippen LogP contribution in [0.4, 0.5) is 14.5 Å². The van der Waals surface area contributed by atoms with Gasteiger partial charge >= 0.3 is 5.69 Å². The van der Waals surface area contributed by atoms with E-state index in [9.17, 15) is 23.7 Å². The number of hydrogen-bond acceptors (Lipinski definition) is 4. The number of carbonyl (C=O) groups excluding carboxylic acids is 1. The maximum absolute atomic E-state index is 12.3. The van der Waals surface area contributed by atoms with Crippen molar-refractivity contribution in [1.29, 1.82) is 0 Å². The van der Waals surface area contributed by atoms with Gasteiger partial charge in [0, 0.05) is 6.20 Å². The zero-order valence-corrected chi connectivity index (χ0v) is 7.18. The molecule has 80 valence electrons. The third-order valence-corrected chi connectivity index (χ3v) is 1.61. The van der Waals surface area contributed by atoms with Gasteiger partial charge in [0.1, 0.15) is 0 Å². The van der Waals surface area contributed by atoms with E-state index in [0.29, 0.717) is 0 Å². The molecule has 0 atom stereocenters. The maximum atomic E-state index is 12.3. The van der Waals surface area contributed by atoms with Crippen molar-refractivity contribution < 1.29 is 18.5 Å². The predicted molar refractivity (Wildman–Crippen MR) is 44.4 cm³/mol. The van der Waals surface area contributed by atoms with Gasteiger partial charge in [0.25, 0.3) is 12.3 Å². The van der Waals surface area contributed by atoms with Crippen LogP contribution in [0.1, 0.15) is 22.5 Å². The van der Waals surface area contributed by atoms with Crippen molar-refractivity contribution in [2.45, 2.75) is 6.43 Å². The summed E-state index contributed by atoms with van der Waals surface area (Å²) in [5.74, 6) is -1.22. The number of primary amides is 1. The first kappa shape index (κ1) is 11.0. The van der Waals surface area contributed by atoms with Crippen LogP contribution in [0.5, 0.6) is 0 Å². The molecule has 0 aliphatic carbocycles. The normalized spacial score (nSPS) is 10.3. The van der Waals surface area contributed by atoms with Crippen LogP contribution in [-0.4, -0.2) is 15.8 Å². The molecule has 1 aromatic rings. The molecule has 1 rings (SSSR count). The Labute approximate surface area is 81.9 Å². The molecule has 1 heterocycles. The Balaban J connectivity index is 3.48. The first-order chi connectivity index (χ1) is 6.95. The van der Waals surface area contributed by atoms with E-state index in [2.05, 4.69) is 4.98 Å². The van der Waals surface area contributed by atoms with Crippen LogP contribution in [0, 0.1) is 10.1 Å². The van der Waals surface area contributed by atoms with E-state index in [0.717, 1.165) is 12.3 Å². The number of nitrogens with two attached hydrogens (primary N) is 1. The minimum absolute atomic E-state index is 0.766. The monoisotopic (exact) mass is 217 g/mol. The fraction of sp³-hybridized carbons (Fsp3) is 0.143. The van der Waals surface area contributed by atoms with Crippen LogP contribution in [0.25, 0.3) is 0 Å². The van der Waals surface area contributed by atoms with Gasteiger partial charge < -0.3 is 5.73 Å². The first-order valence-corrected chi connectivity index (χ1v) is 3.66. The second-order valence-electron chi connectivity index (χ2n) is 2.52. The Kier molecular flexibility index (Phi) is 2.88. The average molecular weight is 217 g/mol. The number of rotatable bonds is 3. The molecule has 1 amide bonds. The maximum Gasteiger partial charge on any atom is 0.309 e. The molecule has 15 heavy (non-hydrogen) atoms. The molecule has 0 saturated heterocycles. The number of alkyl halides is 2. The third-order valence-electron chi connectivity index (χ3n) is 1.61. The van der Waals surface area contributed by atoms with Gasteiger partial charge in [-0.25, -0.2) is 13.8 Å². The SMILES string of the molecule is NC(=O)c1nccc(C(F)F)c1[N+](=O)[O-]. The molecule has 0 saturated carbocycles. The number of carbonyl (C=O) groups is 1. The molecule has 0 unspecified atom stereocenters. The quantitative estimate of drug-likeness (QED) is 0.603. The molecule has 1 aromatic heterocycles. The summed E-state index contributed by atoms with van der Waals surface area (Å²) in [7, 11) is 0. The van der Waals surface area contributed by atoms with E-state index in [4.69, 9.17) is 5.73 Å². The Morgan fingerprint density at radius 1 is 1.60 bits per heavy atom. The Hall–Kier alpha value is -2.12. The summed E-state index contributed by atoms with van der Waals surface area (Å²) < 4.78 is 24.7. The Morgan fingerprint density at radius 2 is 2.20 bits per heavy atom. The summed E-state index contributed by atoms with van der Waals surface area (Å²) in [6.07, 6.45) is -2.19. The van der Waals surface area contributed by atoms with Crippen molar-refractivity contribution in [1.82, 2.24) is 4.98 Å². The minimum Gasteiger partial charge on any atom is -0.364 e. The number of pyridine rings is 1. The summed E-state index contributed by atoms with van der Waals surface area (Å²) >= 11 is 0. The van der Waals surface area contributed by atoms with Crippen LogP contribution in [0.2, 0.25) is 0 Å². The highest BCUT2D eigenvalue weighted by Crippen LogP contribution is 2.30. The van der Waals surface area contributed by atoms with E-state index in [1.54, 1.807) is 0 Å². The number of nitrogens with zero attached hydrogens (tertiary/aromatic N) is 2. The van der Waals surface area contributed by atoms with Gasteiger partial charge in [0.2, 0.25) is 5.69 Å². The largest absolute Gasteiger partial charge is 0.364 e. The van der Waals surface area contributed by atoms with Crippen LogP contribution < -0.4 is 5.73 Å². The van der Waals surface area contributed by atoms with Crippen LogP contribution in [0.15, 0.2) is 12.3 Å². The summed E-state index contributed by atoms with van der Waals surface area (Å²) in [5.41, 5.74) is 2.09. The van der Waals surface area contributed by atoms with Crippen LogP contribution in [-0.2, 0) is 0 Å². The van der Waals surface area contributed by atoms with Gasteiger partial charge in [-0.15, -0.1) is 0 Å². The topological polar surface area (TPSA) is 99.1 Å². The highest BCUT2D eigenvalue weighted by molar-refractivity contribution is 5.95. The molecule has 8 heteroatoms. The van der Waals surface area contributed by atoms with Gasteiger partial charge in [-0.05, 0) is 6.07 Å². The van der Waals surface area contributed by atoms with Crippen LogP contribution >= 0.6 is 0 Å². The number of hydrogen-bond donors (Lipinski definition) is 1. The Morgan fingerprint density at radius 3 is 2.60 bits per heavy atom. The molecule has 0 aromatic carbocycles. The lowest BCUT2D eigenvalue weighted by molar-refractivity contribution is -0.386. The van der Waals surface area contributed by atoms with Crippen molar-refractivity contribution in [3.05, 3.63) is 33.6 Å². The lowest BCUT2D eigenvalue weighted by Gasteiger charge is -2.03. The van der Waals surface area contributed by atoms with Crippen molar-refractivity contribution in [2.75, 3.05) is 0 Å². The number of aromatic nitrogens is 1. The molecule has 0 bridgehead atoms. The van der Waals surface area contributed by atoms with Crippen molar-refractivity contribution in [3.63, 3.8) is 0 Å². The van der Waals surface area contributed by atoms with Crippen molar-refractivity contribution in [3.8, 4) is 0 Å². The van der Waals surface area contributed by atoms with E-state index in [1.165, 1.54) is 0 Å². The fourth-order valence-corrected chi connectivity index (χ4v) is 1.02. The Bertz CT molecular complexity index is 422. The predicted octanol–water partition coefficient (Wildman–Crippen LogP) is 1.03. The number of nitro groups is 1. The molecular formula is C7H5F2N3O3. The molecule has 0 spiro atoms. The van der Waals surface area contributed by atoms with E-state index in [-0.39, 0.29) is 0 Å². The minimum atomic E-state index is -3.06. The van der Waals surface area contributed by atoms with Gasteiger partial charge in [-0.2, -0.15) is 0 Å².